The van der Waals surface area contributed by atoms with Crippen molar-refractivity contribution in [1.82, 2.24) is 15.1 Å². The molecule has 108 valence electrons. The SMILES string of the molecule is CC(NCCOCCN(C)C)C1CCCN(C)C1. The minimum Gasteiger partial charge on any atom is -0.379 e. The molecular formula is C14H31N3O. The van der Waals surface area contributed by atoms with Crippen LogP contribution in [0.1, 0.15) is 19.8 Å². The van der Waals surface area contributed by atoms with Gasteiger partial charge in [0.05, 0.1) is 13.2 Å². The maximum atomic E-state index is 5.59. The van der Waals surface area contributed by atoms with E-state index in [0.29, 0.717) is 6.04 Å². The minimum absolute atomic E-state index is 0.602. The fourth-order valence-corrected chi connectivity index (χ4v) is 2.49. The molecule has 4 nitrogen and oxygen atoms in total. The largest absolute Gasteiger partial charge is 0.379 e. The van der Waals surface area contributed by atoms with Crippen molar-refractivity contribution in [3.05, 3.63) is 0 Å². The number of piperidine rings is 1. The average Bonchev–Trinajstić information content (AvgIpc) is 2.33. The van der Waals surface area contributed by atoms with Crippen molar-refractivity contribution in [2.75, 3.05) is 60.5 Å². The van der Waals surface area contributed by atoms with Crippen LogP contribution in [0.3, 0.4) is 0 Å². The molecule has 1 rings (SSSR count). The van der Waals surface area contributed by atoms with Gasteiger partial charge in [-0.25, -0.2) is 0 Å². The highest BCUT2D eigenvalue weighted by Crippen LogP contribution is 2.18. The first-order chi connectivity index (χ1) is 8.59. The molecule has 2 atom stereocenters. The van der Waals surface area contributed by atoms with Crippen molar-refractivity contribution in [2.45, 2.75) is 25.8 Å². The van der Waals surface area contributed by atoms with E-state index in [-0.39, 0.29) is 0 Å². The molecule has 1 fully saturated rings. The van der Waals surface area contributed by atoms with Crippen LogP contribution in [0.2, 0.25) is 0 Å². The van der Waals surface area contributed by atoms with Crippen molar-refractivity contribution < 1.29 is 4.74 Å². The summed E-state index contributed by atoms with van der Waals surface area (Å²) < 4.78 is 5.59. The van der Waals surface area contributed by atoms with E-state index in [1.165, 1.54) is 25.9 Å². The monoisotopic (exact) mass is 257 g/mol. The van der Waals surface area contributed by atoms with Gasteiger partial charge < -0.3 is 19.9 Å². The van der Waals surface area contributed by atoms with E-state index < -0.39 is 0 Å². The van der Waals surface area contributed by atoms with Crippen LogP contribution in [0.5, 0.6) is 0 Å². The zero-order valence-corrected chi connectivity index (χ0v) is 12.6. The van der Waals surface area contributed by atoms with Gasteiger partial charge in [-0.05, 0) is 53.4 Å². The number of hydrogen-bond donors (Lipinski definition) is 1. The molecular weight excluding hydrogens is 226 g/mol. The minimum atomic E-state index is 0.602. The summed E-state index contributed by atoms with van der Waals surface area (Å²) in [5.41, 5.74) is 0. The third kappa shape index (κ3) is 6.69. The lowest BCUT2D eigenvalue weighted by molar-refractivity contribution is 0.112. The van der Waals surface area contributed by atoms with Crippen LogP contribution in [0.15, 0.2) is 0 Å². The van der Waals surface area contributed by atoms with E-state index in [0.717, 1.165) is 32.2 Å². The second-order valence-electron chi connectivity index (χ2n) is 5.82. The standard InChI is InChI=1S/C14H31N3O/c1-13(14-6-5-8-17(4)12-14)15-7-10-18-11-9-16(2)3/h13-15H,5-12H2,1-4H3. The molecule has 0 spiro atoms. The highest BCUT2D eigenvalue weighted by atomic mass is 16.5. The second-order valence-corrected chi connectivity index (χ2v) is 5.82. The predicted octanol–water partition coefficient (Wildman–Crippen LogP) is 0.885. The molecule has 0 radical (unpaired) electrons. The Hall–Kier alpha value is -0.160. The lowest BCUT2D eigenvalue weighted by Gasteiger charge is -2.34. The maximum Gasteiger partial charge on any atom is 0.0593 e. The summed E-state index contributed by atoms with van der Waals surface area (Å²) in [6.45, 7) is 8.42. The third-order valence-electron chi connectivity index (χ3n) is 3.76. The molecule has 1 aliphatic rings. The zero-order chi connectivity index (χ0) is 13.4. The van der Waals surface area contributed by atoms with Gasteiger partial charge in [0.1, 0.15) is 0 Å². The van der Waals surface area contributed by atoms with Crippen molar-refractivity contribution >= 4 is 0 Å². The predicted molar refractivity (Wildman–Crippen MR) is 77.1 cm³/mol. The van der Waals surface area contributed by atoms with E-state index in [4.69, 9.17) is 4.74 Å². The van der Waals surface area contributed by atoms with Gasteiger partial charge in [-0.2, -0.15) is 0 Å². The average molecular weight is 257 g/mol. The van der Waals surface area contributed by atoms with Gasteiger partial charge in [-0.3, -0.25) is 0 Å². The van der Waals surface area contributed by atoms with Crippen LogP contribution >= 0.6 is 0 Å². The van der Waals surface area contributed by atoms with Crippen LogP contribution in [0.25, 0.3) is 0 Å². The third-order valence-corrected chi connectivity index (χ3v) is 3.76. The van der Waals surface area contributed by atoms with Gasteiger partial charge in [0.2, 0.25) is 0 Å². The van der Waals surface area contributed by atoms with Gasteiger partial charge in [0.25, 0.3) is 0 Å². The maximum absolute atomic E-state index is 5.59. The summed E-state index contributed by atoms with van der Waals surface area (Å²) >= 11 is 0. The molecule has 0 aromatic rings. The van der Waals surface area contributed by atoms with Crippen LogP contribution in [0.4, 0.5) is 0 Å². The number of hydrogen-bond acceptors (Lipinski definition) is 4. The molecule has 1 saturated heterocycles. The molecule has 0 saturated carbocycles. The van der Waals surface area contributed by atoms with Crippen molar-refractivity contribution in [1.29, 1.82) is 0 Å². The topological polar surface area (TPSA) is 27.7 Å². The number of ether oxygens (including phenoxy) is 1. The number of rotatable bonds is 8. The lowest BCUT2D eigenvalue weighted by atomic mass is 9.92. The number of likely N-dealkylation sites (N-methyl/N-ethyl adjacent to an activating group) is 1. The lowest BCUT2D eigenvalue weighted by Crippen LogP contribution is -2.43. The second kappa shape index (κ2) is 8.86. The molecule has 0 aromatic carbocycles. The van der Waals surface area contributed by atoms with Gasteiger partial charge >= 0.3 is 0 Å². The first-order valence-electron chi connectivity index (χ1n) is 7.24. The molecule has 2 unspecified atom stereocenters. The number of nitrogens with zero attached hydrogens (tertiary/aromatic N) is 2. The Kier molecular flexibility index (Phi) is 7.82. The Morgan fingerprint density at radius 3 is 2.83 bits per heavy atom. The fourth-order valence-electron chi connectivity index (χ4n) is 2.49. The van der Waals surface area contributed by atoms with E-state index in [9.17, 15) is 0 Å². The number of nitrogens with one attached hydrogen (secondary N) is 1. The van der Waals surface area contributed by atoms with E-state index in [1.807, 2.05) is 0 Å². The molecule has 18 heavy (non-hydrogen) atoms. The first-order valence-corrected chi connectivity index (χ1v) is 7.24. The molecule has 1 N–H and O–H groups in total. The van der Waals surface area contributed by atoms with Crippen molar-refractivity contribution in [3.8, 4) is 0 Å². The van der Waals surface area contributed by atoms with Gasteiger partial charge in [-0.1, -0.05) is 0 Å². The Balaban J connectivity index is 2.00. The van der Waals surface area contributed by atoms with E-state index >= 15 is 0 Å². The van der Waals surface area contributed by atoms with Crippen LogP contribution in [-0.2, 0) is 4.74 Å². The normalized spacial score (nSPS) is 23.5. The summed E-state index contributed by atoms with van der Waals surface area (Å²) in [7, 11) is 6.37. The summed E-state index contributed by atoms with van der Waals surface area (Å²) in [4.78, 5) is 4.59. The van der Waals surface area contributed by atoms with Gasteiger partial charge in [0.15, 0.2) is 0 Å². The highest BCUT2D eigenvalue weighted by molar-refractivity contribution is 4.78. The van der Waals surface area contributed by atoms with Crippen LogP contribution < -0.4 is 5.32 Å². The highest BCUT2D eigenvalue weighted by Gasteiger charge is 2.21. The Morgan fingerprint density at radius 2 is 2.17 bits per heavy atom. The summed E-state index contributed by atoms with van der Waals surface area (Å²) in [6.07, 6.45) is 2.70. The quantitative estimate of drug-likeness (QED) is 0.654. The van der Waals surface area contributed by atoms with Crippen LogP contribution in [0, 0.1) is 5.92 Å². The molecule has 4 heteroatoms. The molecule has 0 amide bonds. The Morgan fingerprint density at radius 1 is 1.39 bits per heavy atom. The molecule has 0 aliphatic carbocycles. The number of likely N-dealkylation sites (tertiary alicyclic amines) is 1. The van der Waals surface area contributed by atoms with E-state index in [2.05, 4.69) is 43.2 Å². The summed E-state index contributed by atoms with van der Waals surface area (Å²) in [6, 6.07) is 0.602. The van der Waals surface area contributed by atoms with Crippen molar-refractivity contribution in [2.24, 2.45) is 5.92 Å². The fraction of sp³-hybridized carbons (Fsp3) is 1.00. The van der Waals surface area contributed by atoms with Gasteiger partial charge in [-0.15, -0.1) is 0 Å². The Labute approximate surface area is 113 Å². The first kappa shape index (κ1) is 15.9. The molecule has 1 heterocycles. The smallest absolute Gasteiger partial charge is 0.0593 e. The van der Waals surface area contributed by atoms with Crippen molar-refractivity contribution in [3.63, 3.8) is 0 Å². The molecule has 1 aliphatic heterocycles. The molecule has 0 bridgehead atoms. The van der Waals surface area contributed by atoms with Gasteiger partial charge in [0, 0.05) is 25.7 Å². The molecule has 0 aromatic heterocycles. The zero-order valence-electron chi connectivity index (χ0n) is 12.6. The summed E-state index contributed by atoms with van der Waals surface area (Å²) in [5.74, 6) is 0.797. The summed E-state index contributed by atoms with van der Waals surface area (Å²) in [5, 5.41) is 3.60. The van der Waals surface area contributed by atoms with E-state index in [1.54, 1.807) is 0 Å². The Bertz CT molecular complexity index is 211. The van der Waals surface area contributed by atoms with Crippen LogP contribution in [-0.4, -0.2) is 76.4 Å².